The first-order valence-corrected chi connectivity index (χ1v) is 9.67. The van der Waals surface area contributed by atoms with Gasteiger partial charge in [0.25, 0.3) is 5.91 Å². The van der Waals surface area contributed by atoms with Crippen molar-refractivity contribution >= 4 is 23.5 Å². The quantitative estimate of drug-likeness (QED) is 0.611. The maximum Gasteiger partial charge on any atom is 0.419 e. The highest BCUT2D eigenvalue weighted by molar-refractivity contribution is 6.19. The smallest absolute Gasteiger partial charge is 0.402 e. The van der Waals surface area contributed by atoms with Gasteiger partial charge in [-0.3, -0.25) is 4.79 Å². The normalized spacial score (nSPS) is 12.9. The number of alkyl halides is 3. The fraction of sp³-hybridized carbons (Fsp3) is 0.318. The van der Waals surface area contributed by atoms with Crippen LogP contribution in [-0.4, -0.2) is 40.4 Å². The Hall–Kier alpha value is -3.36. The third-order valence-electron chi connectivity index (χ3n) is 4.74. The van der Waals surface area contributed by atoms with Crippen molar-refractivity contribution in [1.29, 1.82) is 0 Å². The molecule has 0 spiro atoms. The molecule has 166 valence electrons. The van der Waals surface area contributed by atoms with E-state index in [1.54, 1.807) is 31.0 Å². The molecule has 0 bridgehead atoms. The molecular formula is C22H26F3N5O. The molecule has 1 aromatic carbocycles. The van der Waals surface area contributed by atoms with Crippen LogP contribution in [0.4, 0.5) is 19.1 Å². The number of nitrogens with zero attached hydrogens (tertiary/aromatic N) is 3. The van der Waals surface area contributed by atoms with E-state index in [0.717, 1.165) is 18.0 Å². The molecule has 9 heteroatoms. The summed E-state index contributed by atoms with van der Waals surface area (Å²) in [5.74, 6) is -0.211. The number of amides is 1. The minimum Gasteiger partial charge on any atom is -0.402 e. The summed E-state index contributed by atoms with van der Waals surface area (Å²) in [5.41, 5.74) is 7.25. The van der Waals surface area contributed by atoms with Crippen molar-refractivity contribution in [2.24, 2.45) is 5.73 Å². The second-order valence-electron chi connectivity index (χ2n) is 7.11. The van der Waals surface area contributed by atoms with Crippen LogP contribution in [0.1, 0.15) is 37.0 Å². The van der Waals surface area contributed by atoms with Crippen molar-refractivity contribution in [3.8, 4) is 0 Å². The van der Waals surface area contributed by atoms with E-state index in [2.05, 4.69) is 21.9 Å². The molecular weight excluding hydrogens is 407 g/mol. The number of aromatic nitrogens is 2. The standard InChI is InChI=1S/C22H26F3N5O/c1-5-18(13-29-21-27-11-17(12-28-21)22(23,24)25)30(4)20(31)15(3)19-9-7-6-8-16(19)10-14(2)26/h6-12,18H,3,5,13,26H2,1-2,4H3,(H,27,28,29)/b14-10-/t18-/m0/s1. The third kappa shape index (κ3) is 6.31. The van der Waals surface area contributed by atoms with E-state index >= 15 is 0 Å². The SMILES string of the molecule is C=C(C(=O)N(C)[C@@H](CC)CNc1ncc(C(F)(F)F)cn1)c1ccccc1/C=C(/C)N. The van der Waals surface area contributed by atoms with Crippen molar-refractivity contribution in [3.63, 3.8) is 0 Å². The van der Waals surface area contributed by atoms with Gasteiger partial charge >= 0.3 is 6.18 Å². The fourth-order valence-electron chi connectivity index (χ4n) is 2.97. The van der Waals surface area contributed by atoms with E-state index in [1.165, 1.54) is 0 Å². The van der Waals surface area contributed by atoms with Gasteiger partial charge in [0.1, 0.15) is 0 Å². The molecule has 2 aromatic rings. The number of nitrogens with one attached hydrogen (secondary N) is 1. The largest absolute Gasteiger partial charge is 0.419 e. The minimum absolute atomic E-state index is 0.0556. The summed E-state index contributed by atoms with van der Waals surface area (Å²) in [7, 11) is 1.66. The molecule has 31 heavy (non-hydrogen) atoms. The Morgan fingerprint density at radius 2 is 1.90 bits per heavy atom. The van der Waals surface area contributed by atoms with Crippen molar-refractivity contribution in [2.75, 3.05) is 18.9 Å². The zero-order valence-corrected chi connectivity index (χ0v) is 17.7. The number of hydrogen-bond acceptors (Lipinski definition) is 5. The summed E-state index contributed by atoms with van der Waals surface area (Å²) >= 11 is 0. The van der Waals surface area contributed by atoms with E-state index in [9.17, 15) is 18.0 Å². The lowest BCUT2D eigenvalue weighted by molar-refractivity contribution is -0.138. The van der Waals surface area contributed by atoms with Crippen molar-refractivity contribution in [3.05, 3.63) is 65.6 Å². The first-order valence-electron chi connectivity index (χ1n) is 9.67. The first kappa shape index (κ1) is 23.9. The zero-order valence-electron chi connectivity index (χ0n) is 17.7. The number of likely N-dealkylation sites (N-methyl/N-ethyl adjacent to an activating group) is 1. The average Bonchev–Trinajstić information content (AvgIpc) is 2.72. The summed E-state index contributed by atoms with van der Waals surface area (Å²) in [6.07, 6.45) is -0.680. The second kappa shape index (κ2) is 10.1. The zero-order chi connectivity index (χ0) is 23.2. The molecule has 0 unspecified atom stereocenters. The molecule has 0 aliphatic carbocycles. The molecule has 0 aliphatic rings. The molecule has 0 fully saturated rings. The van der Waals surface area contributed by atoms with Crippen LogP contribution >= 0.6 is 0 Å². The Morgan fingerprint density at radius 3 is 2.45 bits per heavy atom. The lowest BCUT2D eigenvalue weighted by Gasteiger charge is -2.28. The van der Waals surface area contributed by atoms with Gasteiger partial charge in [0, 0.05) is 43.3 Å². The highest BCUT2D eigenvalue weighted by Crippen LogP contribution is 2.28. The van der Waals surface area contributed by atoms with E-state index in [4.69, 9.17) is 5.73 Å². The number of halogens is 3. The number of allylic oxidation sites excluding steroid dienone is 1. The molecule has 0 aliphatic heterocycles. The Morgan fingerprint density at radius 1 is 1.29 bits per heavy atom. The highest BCUT2D eigenvalue weighted by Gasteiger charge is 2.31. The van der Waals surface area contributed by atoms with E-state index in [0.29, 0.717) is 23.3 Å². The van der Waals surface area contributed by atoms with Gasteiger partial charge < -0.3 is 16.0 Å². The van der Waals surface area contributed by atoms with Crippen LogP contribution in [0.5, 0.6) is 0 Å². The molecule has 1 atom stereocenters. The molecule has 3 N–H and O–H groups in total. The fourth-order valence-corrected chi connectivity index (χ4v) is 2.97. The maximum atomic E-state index is 13.0. The van der Waals surface area contributed by atoms with Crippen molar-refractivity contribution < 1.29 is 18.0 Å². The van der Waals surface area contributed by atoms with Crippen LogP contribution in [0.2, 0.25) is 0 Å². The lowest BCUT2D eigenvalue weighted by Crippen LogP contribution is -2.41. The molecule has 1 aromatic heterocycles. The maximum absolute atomic E-state index is 13.0. The number of anilines is 1. The third-order valence-corrected chi connectivity index (χ3v) is 4.74. The van der Waals surface area contributed by atoms with E-state index < -0.39 is 11.7 Å². The van der Waals surface area contributed by atoms with Crippen molar-refractivity contribution in [2.45, 2.75) is 32.5 Å². The molecule has 0 saturated heterocycles. The molecule has 0 radical (unpaired) electrons. The predicted molar refractivity (Wildman–Crippen MR) is 116 cm³/mol. The summed E-state index contributed by atoms with van der Waals surface area (Å²) in [6, 6.07) is 7.07. The number of hydrogen-bond donors (Lipinski definition) is 2. The Bertz CT molecular complexity index is 950. The summed E-state index contributed by atoms with van der Waals surface area (Å²) in [5, 5.41) is 2.89. The summed E-state index contributed by atoms with van der Waals surface area (Å²) in [6.45, 7) is 7.90. The van der Waals surface area contributed by atoms with E-state index in [1.807, 2.05) is 25.1 Å². The van der Waals surface area contributed by atoms with Crippen molar-refractivity contribution in [1.82, 2.24) is 14.9 Å². The molecule has 1 amide bonds. The van der Waals surface area contributed by atoms with Crippen LogP contribution in [0, 0.1) is 0 Å². The van der Waals surface area contributed by atoms with Gasteiger partial charge in [-0.15, -0.1) is 0 Å². The van der Waals surface area contributed by atoms with Crippen LogP contribution in [0.3, 0.4) is 0 Å². The Labute approximate surface area is 179 Å². The Kier molecular flexibility index (Phi) is 7.79. The molecule has 2 rings (SSSR count). The van der Waals surface area contributed by atoms with Crippen LogP contribution < -0.4 is 11.1 Å². The van der Waals surface area contributed by atoms with Gasteiger partial charge in [-0.1, -0.05) is 37.8 Å². The second-order valence-corrected chi connectivity index (χ2v) is 7.11. The van der Waals surface area contributed by atoms with Gasteiger partial charge in [0.15, 0.2) is 0 Å². The Balaban J connectivity index is 2.10. The number of nitrogens with two attached hydrogens (primary N) is 1. The molecule has 0 saturated carbocycles. The molecule has 1 heterocycles. The van der Waals surface area contributed by atoms with Gasteiger partial charge in [-0.05, 0) is 30.5 Å². The van der Waals surface area contributed by atoms with Crippen LogP contribution in [-0.2, 0) is 11.0 Å². The molecule has 6 nitrogen and oxygen atoms in total. The minimum atomic E-state index is -4.49. The van der Waals surface area contributed by atoms with E-state index in [-0.39, 0.29) is 24.4 Å². The van der Waals surface area contributed by atoms with Crippen LogP contribution in [0.15, 0.2) is 48.9 Å². The number of rotatable bonds is 8. The van der Waals surface area contributed by atoms with Gasteiger partial charge in [-0.2, -0.15) is 13.2 Å². The average molecular weight is 433 g/mol. The predicted octanol–water partition coefficient (Wildman–Crippen LogP) is 4.18. The number of benzene rings is 1. The monoisotopic (exact) mass is 433 g/mol. The van der Waals surface area contributed by atoms with Crippen LogP contribution in [0.25, 0.3) is 11.6 Å². The summed E-state index contributed by atoms with van der Waals surface area (Å²) < 4.78 is 37.9. The van der Waals surface area contributed by atoms with Gasteiger partial charge in [0.05, 0.1) is 5.56 Å². The van der Waals surface area contributed by atoms with Gasteiger partial charge in [-0.25, -0.2) is 9.97 Å². The van der Waals surface area contributed by atoms with Gasteiger partial charge in [0.2, 0.25) is 5.95 Å². The highest BCUT2D eigenvalue weighted by atomic mass is 19.4. The topological polar surface area (TPSA) is 84.1 Å². The first-order chi connectivity index (χ1) is 14.5. The number of carbonyl (C=O) groups excluding carboxylic acids is 1. The summed E-state index contributed by atoms with van der Waals surface area (Å²) in [4.78, 5) is 22.0. The lowest BCUT2D eigenvalue weighted by atomic mass is 9.98. The number of carbonyl (C=O) groups is 1.